The van der Waals surface area contributed by atoms with Gasteiger partial charge in [-0.25, -0.2) is 0 Å². The molecule has 14 nitrogen and oxygen atoms in total. The number of hydrogen-bond donors (Lipinski definition) is 6. The van der Waals surface area contributed by atoms with Crippen LogP contribution in [-0.4, -0.2) is 107 Å². The SMILES string of the molecule is CC(=O)Nc1ccc2[nH]c(C(=O)N3CC(CCl)c4c3cc(O)c3ccc(C(=O)NCCCN5CCN(CCCNc6ccc7c8c6c(=O)c6ccccc6n8CN7)CC5)cc43)cc2c1. The fourth-order valence-electron chi connectivity index (χ4n) is 9.85. The van der Waals surface area contributed by atoms with E-state index in [1.807, 2.05) is 36.4 Å². The van der Waals surface area contributed by atoms with E-state index >= 15 is 0 Å². The molecule has 10 rings (SSSR count). The Hall–Kier alpha value is -6.61. The summed E-state index contributed by atoms with van der Waals surface area (Å²) in [6, 6.07) is 25.9. The smallest absolute Gasteiger partial charge is 0.274 e. The predicted octanol–water partition coefficient (Wildman–Crippen LogP) is 7.06. The van der Waals surface area contributed by atoms with Crippen LogP contribution in [0.3, 0.4) is 0 Å². The van der Waals surface area contributed by atoms with Crippen molar-refractivity contribution in [1.82, 2.24) is 24.7 Å². The topological polar surface area (TPSA) is 167 Å². The number of fused-ring (bicyclic) bond motifs is 6. The van der Waals surface area contributed by atoms with Gasteiger partial charge in [-0.2, -0.15) is 0 Å². The third kappa shape index (κ3) is 7.65. The third-order valence-electron chi connectivity index (χ3n) is 13.0. The number of benzene rings is 5. The molecule has 1 atom stereocenters. The summed E-state index contributed by atoms with van der Waals surface area (Å²) in [5, 5.41) is 27.6. The van der Waals surface area contributed by atoms with Gasteiger partial charge in [0.15, 0.2) is 5.43 Å². The third-order valence-corrected chi connectivity index (χ3v) is 13.4. The number of carbonyl (C=O) groups is 3. The summed E-state index contributed by atoms with van der Waals surface area (Å²) in [6.45, 7) is 9.46. The van der Waals surface area contributed by atoms with Gasteiger partial charge >= 0.3 is 0 Å². The zero-order valence-electron chi connectivity index (χ0n) is 35.6. The van der Waals surface area contributed by atoms with E-state index in [2.05, 4.69) is 46.7 Å². The number of amides is 3. The van der Waals surface area contributed by atoms with Crippen LogP contribution >= 0.6 is 11.6 Å². The molecule has 328 valence electrons. The molecule has 15 heteroatoms. The number of rotatable bonds is 13. The Morgan fingerprint density at radius 1 is 0.859 bits per heavy atom. The van der Waals surface area contributed by atoms with Crippen LogP contribution in [0.4, 0.5) is 22.7 Å². The number of piperazine rings is 1. The quantitative estimate of drug-likeness (QED) is 0.0404. The van der Waals surface area contributed by atoms with E-state index in [1.165, 1.54) is 6.92 Å². The van der Waals surface area contributed by atoms with Gasteiger partial charge in [-0.1, -0.05) is 12.1 Å². The average molecular weight is 880 g/mol. The predicted molar refractivity (Wildman–Crippen MR) is 256 cm³/mol. The number of halogens is 1. The number of phenolic OH excluding ortho intramolecular Hbond substituents is 1. The lowest BCUT2D eigenvalue weighted by atomic mass is 9.94. The summed E-state index contributed by atoms with van der Waals surface area (Å²) in [7, 11) is 0. The summed E-state index contributed by atoms with van der Waals surface area (Å²) in [6.07, 6.45) is 1.77. The van der Waals surface area contributed by atoms with Crippen molar-refractivity contribution < 1.29 is 19.5 Å². The second kappa shape index (κ2) is 17.2. The Balaban J connectivity index is 0.715. The number of phenols is 1. The van der Waals surface area contributed by atoms with Crippen molar-refractivity contribution in [2.24, 2.45) is 0 Å². The number of H-pyrrole nitrogens is 1. The van der Waals surface area contributed by atoms with Gasteiger partial charge in [0.2, 0.25) is 5.91 Å². The standard InChI is InChI=1S/C49H50ClN9O5/c1-29(60)54-33-9-11-37-31(22-33)24-40(55-37)49(64)58-27-32(26-50)44-36-23-30(8-10-34(36)43(61)25-42(44)58)48(63)52-15-5-17-57-20-18-56(19-21-57)16-4-14-51-38-12-13-39-46-45(38)47(62)35-6-2-3-7-41(35)59(46)28-53-39/h2-3,6-13,22-25,32,51,53,55,61H,4-5,14-21,26-28H2,1H3,(H,52,63)(H,54,60). The largest absolute Gasteiger partial charge is 0.507 e. The Bertz CT molecular complexity index is 3060. The maximum absolute atomic E-state index is 14.0. The minimum absolute atomic E-state index is 0.0141. The molecule has 2 aromatic heterocycles. The number of pyridine rings is 1. The molecule has 1 fully saturated rings. The van der Waals surface area contributed by atoms with Crippen LogP contribution in [0.2, 0.25) is 0 Å². The highest BCUT2D eigenvalue weighted by Crippen LogP contribution is 2.46. The first-order valence-corrected chi connectivity index (χ1v) is 22.6. The van der Waals surface area contributed by atoms with Crippen molar-refractivity contribution in [3.8, 4) is 5.75 Å². The first-order chi connectivity index (χ1) is 31.1. The second-order valence-corrected chi connectivity index (χ2v) is 17.4. The van der Waals surface area contributed by atoms with Crippen LogP contribution < -0.4 is 31.6 Å². The molecule has 7 aromatic rings. The van der Waals surface area contributed by atoms with E-state index in [9.17, 15) is 24.3 Å². The van der Waals surface area contributed by atoms with Crippen LogP contribution in [0.1, 0.15) is 52.1 Å². The van der Waals surface area contributed by atoms with Crippen LogP contribution in [0.5, 0.6) is 5.75 Å². The van der Waals surface area contributed by atoms with E-state index in [0.717, 1.165) is 108 Å². The minimum atomic E-state index is -0.274. The number of alkyl halides is 1. The molecule has 1 saturated heterocycles. The van der Waals surface area contributed by atoms with Gasteiger partial charge < -0.3 is 50.6 Å². The first kappa shape index (κ1) is 41.4. The number of anilines is 4. The molecule has 3 aliphatic heterocycles. The Kier molecular flexibility index (Phi) is 11.1. The second-order valence-electron chi connectivity index (χ2n) is 17.1. The zero-order chi connectivity index (χ0) is 44.1. The van der Waals surface area contributed by atoms with E-state index in [4.69, 9.17) is 11.6 Å². The lowest BCUT2D eigenvalue weighted by Gasteiger charge is -2.34. The summed E-state index contributed by atoms with van der Waals surface area (Å²) in [5.74, 6) is -0.609. The van der Waals surface area contributed by atoms with Crippen molar-refractivity contribution >= 4 is 95.6 Å². The highest BCUT2D eigenvalue weighted by atomic mass is 35.5. The summed E-state index contributed by atoms with van der Waals surface area (Å²) in [4.78, 5) is 62.5. The summed E-state index contributed by atoms with van der Waals surface area (Å²) in [5.41, 5.74) is 7.48. The summed E-state index contributed by atoms with van der Waals surface area (Å²) < 4.78 is 2.20. The molecule has 3 amide bonds. The van der Waals surface area contributed by atoms with Crippen molar-refractivity contribution in [3.05, 3.63) is 112 Å². The highest BCUT2D eigenvalue weighted by molar-refractivity contribution is 6.19. The first-order valence-electron chi connectivity index (χ1n) is 22.0. The highest BCUT2D eigenvalue weighted by Gasteiger charge is 2.36. The number of carbonyl (C=O) groups excluding carboxylic acids is 3. The Labute approximate surface area is 374 Å². The number of aromatic nitrogens is 2. The number of aromatic amines is 1. The van der Waals surface area contributed by atoms with Crippen molar-refractivity contribution in [2.75, 3.05) is 85.6 Å². The molecule has 3 aliphatic rings. The normalized spacial score (nSPS) is 16.2. The lowest BCUT2D eigenvalue weighted by molar-refractivity contribution is -0.114. The van der Waals surface area contributed by atoms with Gasteiger partial charge in [-0.05, 0) is 104 Å². The van der Waals surface area contributed by atoms with Gasteiger partial charge in [-0.3, -0.25) is 19.2 Å². The summed E-state index contributed by atoms with van der Waals surface area (Å²) >= 11 is 6.52. The monoisotopic (exact) mass is 879 g/mol. The fourth-order valence-corrected chi connectivity index (χ4v) is 10.1. The average Bonchev–Trinajstić information content (AvgIpc) is 4.04. The van der Waals surface area contributed by atoms with Crippen LogP contribution in [0.25, 0.3) is 43.5 Å². The number of para-hydroxylation sites is 1. The molecule has 0 aliphatic carbocycles. The van der Waals surface area contributed by atoms with E-state index in [1.54, 1.807) is 47.4 Å². The van der Waals surface area contributed by atoms with Gasteiger partial charge in [0, 0.05) is 109 Å². The molecule has 5 aromatic carbocycles. The number of hydrogen-bond acceptors (Lipinski definition) is 9. The van der Waals surface area contributed by atoms with Crippen LogP contribution in [0.15, 0.2) is 89.7 Å². The number of nitrogens with zero attached hydrogens (tertiary/aromatic N) is 4. The lowest BCUT2D eigenvalue weighted by Crippen LogP contribution is -2.47. The molecule has 1 unspecified atom stereocenters. The Morgan fingerprint density at radius 3 is 2.42 bits per heavy atom. The zero-order valence-corrected chi connectivity index (χ0v) is 36.4. The van der Waals surface area contributed by atoms with Crippen molar-refractivity contribution in [3.63, 3.8) is 0 Å². The molecule has 5 heterocycles. The molecule has 0 spiro atoms. The molecular formula is C49H50ClN9O5. The van der Waals surface area contributed by atoms with Gasteiger partial charge in [0.05, 0.1) is 34.5 Å². The molecule has 64 heavy (non-hydrogen) atoms. The van der Waals surface area contributed by atoms with E-state index < -0.39 is 0 Å². The molecule has 0 saturated carbocycles. The van der Waals surface area contributed by atoms with Crippen molar-refractivity contribution in [2.45, 2.75) is 32.4 Å². The number of nitrogens with one attached hydrogen (secondary N) is 5. The minimum Gasteiger partial charge on any atom is -0.507 e. The van der Waals surface area contributed by atoms with E-state index in [0.29, 0.717) is 53.2 Å². The van der Waals surface area contributed by atoms with Gasteiger partial charge in [0.1, 0.15) is 11.4 Å². The van der Waals surface area contributed by atoms with E-state index in [-0.39, 0.29) is 40.7 Å². The maximum Gasteiger partial charge on any atom is 0.274 e. The molecule has 6 N–H and O–H groups in total. The molecule has 0 radical (unpaired) electrons. The van der Waals surface area contributed by atoms with Gasteiger partial charge in [-0.15, -0.1) is 11.6 Å². The van der Waals surface area contributed by atoms with Crippen molar-refractivity contribution in [1.29, 1.82) is 0 Å². The van der Waals surface area contributed by atoms with Crippen LogP contribution in [-0.2, 0) is 11.5 Å². The maximum atomic E-state index is 14.0. The molecular weight excluding hydrogens is 830 g/mol. The van der Waals surface area contributed by atoms with Gasteiger partial charge in [0.25, 0.3) is 11.8 Å². The number of aromatic hydroxyl groups is 1. The van der Waals surface area contributed by atoms with Crippen LogP contribution in [0, 0.1) is 0 Å². The molecule has 0 bridgehead atoms. The Morgan fingerprint density at radius 2 is 1.64 bits per heavy atom. The fraction of sp³-hybridized carbons (Fsp3) is 0.306.